The van der Waals surface area contributed by atoms with Crippen LogP contribution >= 0.6 is 0 Å². The van der Waals surface area contributed by atoms with E-state index in [4.69, 9.17) is 0 Å². The van der Waals surface area contributed by atoms with Crippen molar-refractivity contribution in [1.29, 1.82) is 0 Å². The van der Waals surface area contributed by atoms with Crippen LogP contribution < -0.4 is 0 Å². The maximum atomic E-state index is 12.9. The molecule has 4 aliphatic carbocycles. The lowest BCUT2D eigenvalue weighted by Gasteiger charge is -2.39. The zero-order valence-corrected chi connectivity index (χ0v) is 12.9. The van der Waals surface area contributed by atoms with Gasteiger partial charge in [-0.15, -0.1) is 0 Å². The number of aliphatic hydroxyl groups is 1. The van der Waals surface area contributed by atoms with Crippen molar-refractivity contribution in [1.82, 2.24) is 0 Å². The number of hydrogen-bond acceptors (Lipinski definition) is 3. The maximum absolute atomic E-state index is 12.9. The van der Waals surface area contributed by atoms with Crippen LogP contribution in [0.4, 0.5) is 0 Å². The minimum Gasteiger partial charge on any atom is -0.511 e. The fourth-order valence-electron chi connectivity index (χ4n) is 4.43. The Morgan fingerprint density at radius 2 is 1.68 bits per heavy atom. The highest BCUT2D eigenvalue weighted by Gasteiger charge is 2.56. The Bertz CT molecular complexity index is 787. The Labute approximate surface area is 129 Å². The second-order valence-electron chi connectivity index (χ2n) is 6.82. The molecule has 3 atom stereocenters. The molecule has 1 aromatic carbocycles. The number of carbonyl (C=O) groups is 2. The van der Waals surface area contributed by atoms with Crippen molar-refractivity contribution in [2.45, 2.75) is 27.2 Å². The maximum Gasteiger partial charge on any atom is 0.171 e. The molecule has 0 aliphatic heterocycles. The minimum atomic E-state index is -0.389. The average Bonchev–Trinajstić information content (AvgIpc) is 2.71. The van der Waals surface area contributed by atoms with E-state index in [1.807, 2.05) is 39.0 Å². The fraction of sp³-hybridized carbons (Fsp3) is 0.368. The third kappa shape index (κ3) is 1.51. The zero-order valence-electron chi connectivity index (χ0n) is 12.9. The SMILES string of the molecule is Cc1cc(C)c(C2=C(O)[C@H]3C=C4C[C@@H](C4=O)[C@H]3C2=O)c(C)c1. The predicted molar refractivity (Wildman–Crippen MR) is 83.4 cm³/mol. The molecular formula is C19H18O3. The first-order chi connectivity index (χ1) is 10.4. The van der Waals surface area contributed by atoms with E-state index < -0.39 is 0 Å². The van der Waals surface area contributed by atoms with E-state index in [2.05, 4.69) is 0 Å². The Morgan fingerprint density at radius 3 is 2.27 bits per heavy atom. The number of aliphatic hydroxyl groups excluding tert-OH is 1. The van der Waals surface area contributed by atoms with Crippen molar-refractivity contribution in [3.05, 3.63) is 51.8 Å². The summed E-state index contributed by atoms with van der Waals surface area (Å²) in [5, 5.41) is 10.7. The van der Waals surface area contributed by atoms with Gasteiger partial charge in [0.25, 0.3) is 0 Å². The Kier molecular flexibility index (Phi) is 2.57. The molecule has 1 N–H and O–H groups in total. The third-order valence-corrected chi connectivity index (χ3v) is 5.34. The van der Waals surface area contributed by atoms with Gasteiger partial charge in [0.15, 0.2) is 11.6 Å². The number of allylic oxidation sites excluding steroid dienone is 3. The van der Waals surface area contributed by atoms with Gasteiger partial charge in [0.05, 0.1) is 5.57 Å². The molecule has 5 rings (SSSR count). The van der Waals surface area contributed by atoms with E-state index in [0.717, 1.165) is 27.8 Å². The van der Waals surface area contributed by atoms with Crippen molar-refractivity contribution in [3.63, 3.8) is 0 Å². The van der Waals surface area contributed by atoms with Crippen LogP contribution in [0.3, 0.4) is 0 Å². The molecule has 4 aliphatic rings. The molecule has 2 bridgehead atoms. The summed E-state index contributed by atoms with van der Waals surface area (Å²) in [6.45, 7) is 5.95. The smallest absolute Gasteiger partial charge is 0.171 e. The summed E-state index contributed by atoms with van der Waals surface area (Å²) in [5.41, 5.74) is 5.19. The number of rotatable bonds is 1. The Morgan fingerprint density at radius 1 is 1.05 bits per heavy atom. The van der Waals surface area contributed by atoms with Crippen LogP contribution in [0.25, 0.3) is 5.57 Å². The molecule has 1 saturated carbocycles. The fourth-order valence-corrected chi connectivity index (χ4v) is 4.43. The molecule has 0 aromatic heterocycles. The molecule has 0 spiro atoms. The molecule has 0 saturated heterocycles. The summed E-state index contributed by atoms with van der Waals surface area (Å²) in [6.07, 6.45) is 2.50. The van der Waals surface area contributed by atoms with Gasteiger partial charge in [-0.05, 0) is 49.5 Å². The number of hydrogen-bond donors (Lipinski definition) is 1. The van der Waals surface area contributed by atoms with Gasteiger partial charge in [-0.1, -0.05) is 23.8 Å². The van der Waals surface area contributed by atoms with E-state index in [9.17, 15) is 14.7 Å². The molecule has 3 nitrogen and oxygen atoms in total. The monoisotopic (exact) mass is 294 g/mol. The number of ketones is 2. The molecule has 1 fully saturated rings. The first-order valence-electron chi connectivity index (χ1n) is 7.70. The van der Waals surface area contributed by atoms with Crippen LogP contribution in [0.5, 0.6) is 0 Å². The average molecular weight is 294 g/mol. The van der Waals surface area contributed by atoms with E-state index in [-0.39, 0.29) is 35.1 Å². The second kappa shape index (κ2) is 4.19. The topological polar surface area (TPSA) is 54.4 Å². The molecule has 22 heavy (non-hydrogen) atoms. The highest BCUT2D eigenvalue weighted by Crippen LogP contribution is 2.53. The Balaban J connectivity index is 1.88. The quantitative estimate of drug-likeness (QED) is 0.865. The molecule has 3 heteroatoms. The largest absolute Gasteiger partial charge is 0.511 e. The van der Waals surface area contributed by atoms with Crippen LogP contribution in [0.1, 0.15) is 28.7 Å². The van der Waals surface area contributed by atoms with Crippen molar-refractivity contribution in [2.24, 2.45) is 17.8 Å². The highest BCUT2D eigenvalue weighted by atomic mass is 16.3. The van der Waals surface area contributed by atoms with Crippen molar-refractivity contribution >= 4 is 17.1 Å². The number of benzene rings is 1. The van der Waals surface area contributed by atoms with Crippen LogP contribution in [0, 0.1) is 38.5 Å². The summed E-state index contributed by atoms with van der Waals surface area (Å²) < 4.78 is 0. The molecular weight excluding hydrogens is 276 g/mol. The van der Waals surface area contributed by atoms with Gasteiger partial charge in [-0.3, -0.25) is 9.59 Å². The lowest BCUT2D eigenvalue weighted by Crippen LogP contribution is -2.44. The molecule has 0 radical (unpaired) electrons. The summed E-state index contributed by atoms with van der Waals surface area (Å²) >= 11 is 0. The number of Topliss-reactive ketones (excluding diaryl/α,β-unsaturated/α-hetero) is 2. The molecule has 0 amide bonds. The zero-order chi connectivity index (χ0) is 15.8. The summed E-state index contributed by atoms with van der Waals surface area (Å²) in [7, 11) is 0. The second-order valence-corrected chi connectivity index (χ2v) is 6.82. The minimum absolute atomic E-state index is 0.0640. The van der Waals surface area contributed by atoms with Gasteiger partial charge < -0.3 is 5.11 Å². The van der Waals surface area contributed by atoms with Crippen LogP contribution in [-0.4, -0.2) is 16.7 Å². The number of carbonyl (C=O) groups excluding carboxylic acids is 2. The Hall–Kier alpha value is -2.16. The van der Waals surface area contributed by atoms with Crippen LogP contribution in [0.2, 0.25) is 0 Å². The van der Waals surface area contributed by atoms with E-state index in [1.54, 1.807) is 0 Å². The standard InChI is InChI=1S/C19H18O3/c1-8-4-9(2)14(10(3)5-8)16-18(21)13-7-11-6-12(17(11)20)15(13)19(16)22/h4-5,7,12-13,15,21H,6H2,1-3H3/t12-,13+,15-/m1/s1. The van der Waals surface area contributed by atoms with Gasteiger partial charge in [0, 0.05) is 17.8 Å². The van der Waals surface area contributed by atoms with E-state index in [0.29, 0.717) is 12.0 Å². The van der Waals surface area contributed by atoms with Gasteiger partial charge in [0.2, 0.25) is 0 Å². The summed E-state index contributed by atoms with van der Waals surface area (Å²) in [6, 6.07) is 4.06. The van der Waals surface area contributed by atoms with Gasteiger partial charge in [-0.2, -0.15) is 0 Å². The molecule has 0 unspecified atom stereocenters. The van der Waals surface area contributed by atoms with Crippen LogP contribution in [0.15, 0.2) is 29.5 Å². The number of aryl methyl sites for hydroxylation is 3. The molecule has 112 valence electrons. The van der Waals surface area contributed by atoms with Crippen molar-refractivity contribution in [3.8, 4) is 0 Å². The van der Waals surface area contributed by atoms with Gasteiger partial charge in [0.1, 0.15) is 5.76 Å². The predicted octanol–water partition coefficient (Wildman–Crippen LogP) is 3.23. The molecule has 0 heterocycles. The van der Waals surface area contributed by atoms with Gasteiger partial charge >= 0.3 is 0 Å². The normalized spacial score (nSPS) is 29.4. The first-order valence-corrected chi connectivity index (χ1v) is 7.70. The third-order valence-electron chi connectivity index (χ3n) is 5.34. The van der Waals surface area contributed by atoms with Crippen LogP contribution in [-0.2, 0) is 9.59 Å². The van der Waals surface area contributed by atoms with Crippen molar-refractivity contribution in [2.75, 3.05) is 0 Å². The lowest BCUT2D eigenvalue weighted by molar-refractivity contribution is -0.133. The van der Waals surface area contributed by atoms with E-state index >= 15 is 0 Å². The van der Waals surface area contributed by atoms with E-state index in [1.165, 1.54) is 0 Å². The highest BCUT2D eigenvalue weighted by molar-refractivity contribution is 6.28. The lowest BCUT2D eigenvalue weighted by atomic mass is 9.61. The van der Waals surface area contributed by atoms with Crippen molar-refractivity contribution < 1.29 is 14.7 Å². The summed E-state index contributed by atoms with van der Waals surface area (Å²) in [4.78, 5) is 24.9. The summed E-state index contributed by atoms with van der Waals surface area (Å²) in [5.74, 6) is -0.718. The first kappa shape index (κ1) is 13.5. The molecule has 1 aromatic rings. The van der Waals surface area contributed by atoms with Gasteiger partial charge in [-0.25, -0.2) is 0 Å².